The Balaban J connectivity index is 2.49. The minimum atomic E-state index is -0.534. The van der Waals surface area contributed by atoms with E-state index in [-0.39, 0.29) is 26.4 Å². The van der Waals surface area contributed by atoms with Crippen LogP contribution in [-0.4, -0.2) is 58.2 Å². The first-order valence-electron chi connectivity index (χ1n) is 9.07. The van der Waals surface area contributed by atoms with Gasteiger partial charge in [0.15, 0.2) is 0 Å². The Morgan fingerprint density at radius 3 is 1.78 bits per heavy atom. The number of esters is 2. The van der Waals surface area contributed by atoms with Gasteiger partial charge in [-0.15, -0.1) is 0 Å². The number of benzene rings is 1. The number of ether oxygens (including phenoxy) is 5. The van der Waals surface area contributed by atoms with Crippen molar-refractivity contribution in [2.45, 2.75) is 27.4 Å². The highest BCUT2D eigenvalue weighted by atomic mass is 16.6. The van der Waals surface area contributed by atoms with Crippen molar-refractivity contribution in [3.63, 3.8) is 0 Å². The monoisotopic (exact) mass is 382 g/mol. The van der Waals surface area contributed by atoms with E-state index in [1.807, 2.05) is 37.3 Å². The van der Waals surface area contributed by atoms with Crippen molar-refractivity contribution in [3.8, 4) is 0 Å². The average Bonchev–Trinajstić information content (AvgIpc) is 2.63. The SMILES string of the molecule is CCOC(=O)COCC(C)(COCC(=O)OCC)COCc1ccccc1. The zero-order valence-corrected chi connectivity index (χ0v) is 16.4. The molecule has 1 aromatic rings. The fourth-order valence-electron chi connectivity index (χ4n) is 2.28. The standard InChI is InChI=1S/C20H30O7/c1-4-26-18(21)12-24-15-20(3,16-25-13-19(22)27-5-2)14-23-11-17-9-7-6-8-10-17/h6-10H,4-5,11-16H2,1-3H3. The first-order chi connectivity index (χ1) is 13.0. The molecular weight excluding hydrogens is 352 g/mol. The van der Waals surface area contributed by atoms with Crippen LogP contribution in [0.1, 0.15) is 26.3 Å². The lowest BCUT2D eigenvalue weighted by Gasteiger charge is -2.28. The van der Waals surface area contributed by atoms with Crippen LogP contribution in [0, 0.1) is 5.41 Å². The molecule has 152 valence electrons. The van der Waals surface area contributed by atoms with Crippen molar-refractivity contribution in [2.24, 2.45) is 5.41 Å². The number of hydrogen-bond acceptors (Lipinski definition) is 7. The summed E-state index contributed by atoms with van der Waals surface area (Å²) in [4.78, 5) is 22.9. The van der Waals surface area contributed by atoms with Crippen LogP contribution in [0.15, 0.2) is 30.3 Å². The molecule has 0 aliphatic rings. The minimum Gasteiger partial charge on any atom is -0.464 e. The molecule has 0 aliphatic carbocycles. The molecular formula is C20H30O7. The van der Waals surface area contributed by atoms with Crippen LogP contribution < -0.4 is 0 Å². The average molecular weight is 382 g/mol. The van der Waals surface area contributed by atoms with E-state index in [0.29, 0.717) is 26.4 Å². The number of hydrogen-bond donors (Lipinski definition) is 0. The lowest BCUT2D eigenvalue weighted by molar-refractivity contribution is -0.153. The Labute approximate surface area is 160 Å². The summed E-state index contributed by atoms with van der Waals surface area (Å²) in [6.07, 6.45) is 0. The van der Waals surface area contributed by atoms with E-state index in [1.54, 1.807) is 13.8 Å². The molecule has 0 heterocycles. The molecule has 27 heavy (non-hydrogen) atoms. The predicted octanol–water partition coefficient (Wildman–Crippen LogP) is 2.37. The van der Waals surface area contributed by atoms with Crippen molar-refractivity contribution in [3.05, 3.63) is 35.9 Å². The maximum absolute atomic E-state index is 11.4. The maximum atomic E-state index is 11.4. The van der Waals surface area contributed by atoms with Gasteiger partial charge >= 0.3 is 11.9 Å². The molecule has 0 N–H and O–H groups in total. The smallest absolute Gasteiger partial charge is 0.332 e. The zero-order chi connectivity index (χ0) is 20.0. The fourth-order valence-corrected chi connectivity index (χ4v) is 2.28. The lowest BCUT2D eigenvalue weighted by atomic mass is 9.94. The summed E-state index contributed by atoms with van der Waals surface area (Å²) < 4.78 is 26.4. The van der Waals surface area contributed by atoms with E-state index in [4.69, 9.17) is 23.7 Å². The van der Waals surface area contributed by atoms with E-state index in [0.717, 1.165) is 5.56 Å². The molecule has 7 nitrogen and oxygen atoms in total. The third kappa shape index (κ3) is 10.7. The molecule has 0 atom stereocenters. The van der Waals surface area contributed by atoms with Crippen molar-refractivity contribution in [1.29, 1.82) is 0 Å². The van der Waals surface area contributed by atoms with Gasteiger partial charge in [-0.25, -0.2) is 9.59 Å². The second-order valence-corrected chi connectivity index (χ2v) is 6.38. The van der Waals surface area contributed by atoms with Crippen molar-refractivity contribution in [1.82, 2.24) is 0 Å². The summed E-state index contributed by atoms with van der Waals surface area (Å²) in [5.74, 6) is -0.838. The van der Waals surface area contributed by atoms with Gasteiger partial charge in [0.25, 0.3) is 0 Å². The summed E-state index contributed by atoms with van der Waals surface area (Å²) in [5.41, 5.74) is 0.521. The van der Waals surface area contributed by atoms with Gasteiger partial charge in [-0.2, -0.15) is 0 Å². The van der Waals surface area contributed by atoms with E-state index >= 15 is 0 Å². The number of carbonyl (C=O) groups is 2. The lowest BCUT2D eigenvalue weighted by Crippen LogP contribution is -2.36. The van der Waals surface area contributed by atoms with Gasteiger partial charge in [-0.05, 0) is 19.4 Å². The number of rotatable bonds is 14. The summed E-state index contributed by atoms with van der Waals surface area (Å²) in [5, 5.41) is 0. The third-order valence-electron chi connectivity index (χ3n) is 3.51. The topological polar surface area (TPSA) is 80.3 Å². The van der Waals surface area contributed by atoms with Gasteiger partial charge in [0.05, 0.1) is 39.6 Å². The Hall–Kier alpha value is -1.96. The second kappa shape index (κ2) is 13.2. The highest BCUT2D eigenvalue weighted by molar-refractivity contribution is 5.70. The van der Waals surface area contributed by atoms with Gasteiger partial charge in [-0.3, -0.25) is 0 Å². The van der Waals surface area contributed by atoms with Crippen LogP contribution >= 0.6 is 0 Å². The molecule has 0 fully saturated rings. The molecule has 0 saturated heterocycles. The molecule has 0 spiro atoms. The summed E-state index contributed by atoms with van der Waals surface area (Å²) in [6.45, 7) is 6.97. The summed E-state index contributed by atoms with van der Waals surface area (Å²) in [7, 11) is 0. The Bertz CT molecular complexity index is 521. The van der Waals surface area contributed by atoms with E-state index in [1.165, 1.54) is 0 Å². The molecule has 0 amide bonds. The highest BCUT2D eigenvalue weighted by Gasteiger charge is 2.27. The van der Waals surface area contributed by atoms with Crippen molar-refractivity contribution >= 4 is 11.9 Å². The van der Waals surface area contributed by atoms with Crippen LogP contribution in [0.25, 0.3) is 0 Å². The minimum absolute atomic E-state index is 0.139. The van der Waals surface area contributed by atoms with E-state index in [9.17, 15) is 9.59 Å². The van der Waals surface area contributed by atoms with E-state index < -0.39 is 17.4 Å². The van der Waals surface area contributed by atoms with Gasteiger partial charge < -0.3 is 23.7 Å². The van der Waals surface area contributed by atoms with Crippen LogP contribution in [0.3, 0.4) is 0 Å². The quantitative estimate of drug-likeness (QED) is 0.457. The molecule has 0 saturated carbocycles. The summed E-state index contributed by atoms with van der Waals surface area (Å²) in [6, 6.07) is 9.79. The van der Waals surface area contributed by atoms with Crippen LogP contribution in [-0.2, 0) is 39.9 Å². The van der Waals surface area contributed by atoms with Crippen molar-refractivity contribution in [2.75, 3.05) is 46.2 Å². The van der Waals surface area contributed by atoms with Crippen molar-refractivity contribution < 1.29 is 33.3 Å². The molecule has 0 unspecified atom stereocenters. The normalized spacial score (nSPS) is 11.2. The van der Waals surface area contributed by atoms with Gasteiger partial charge in [0, 0.05) is 5.41 Å². The molecule has 7 heteroatoms. The Morgan fingerprint density at radius 2 is 1.30 bits per heavy atom. The third-order valence-corrected chi connectivity index (χ3v) is 3.51. The van der Waals surface area contributed by atoms with Crippen LogP contribution in [0.4, 0.5) is 0 Å². The van der Waals surface area contributed by atoms with Crippen LogP contribution in [0.2, 0.25) is 0 Å². The van der Waals surface area contributed by atoms with Crippen LogP contribution in [0.5, 0.6) is 0 Å². The zero-order valence-electron chi connectivity index (χ0n) is 16.4. The molecule has 0 radical (unpaired) electrons. The molecule has 0 aromatic heterocycles. The maximum Gasteiger partial charge on any atom is 0.332 e. The van der Waals surface area contributed by atoms with Gasteiger partial charge in [-0.1, -0.05) is 37.3 Å². The predicted molar refractivity (Wildman–Crippen MR) is 99.1 cm³/mol. The summed E-state index contributed by atoms with van der Waals surface area (Å²) >= 11 is 0. The Morgan fingerprint density at radius 1 is 0.815 bits per heavy atom. The largest absolute Gasteiger partial charge is 0.464 e. The molecule has 0 bridgehead atoms. The molecule has 1 rings (SSSR count). The number of carbonyl (C=O) groups excluding carboxylic acids is 2. The second-order valence-electron chi connectivity index (χ2n) is 6.38. The highest BCUT2D eigenvalue weighted by Crippen LogP contribution is 2.19. The first kappa shape index (κ1) is 23.1. The van der Waals surface area contributed by atoms with E-state index in [2.05, 4.69) is 0 Å². The van der Waals surface area contributed by atoms with Gasteiger partial charge in [0.2, 0.25) is 0 Å². The Kier molecular flexibility index (Phi) is 11.3. The first-order valence-corrected chi connectivity index (χ1v) is 9.07. The fraction of sp³-hybridized carbons (Fsp3) is 0.600. The molecule has 1 aromatic carbocycles. The molecule has 0 aliphatic heterocycles. The van der Waals surface area contributed by atoms with Gasteiger partial charge in [0.1, 0.15) is 13.2 Å².